The lowest BCUT2D eigenvalue weighted by molar-refractivity contribution is 0.0789. The van der Waals surface area contributed by atoms with E-state index in [0.29, 0.717) is 17.4 Å². The minimum absolute atomic E-state index is 0.0246. The molecule has 1 aliphatic carbocycles. The number of thioether (sulfide) groups is 1. The van der Waals surface area contributed by atoms with Gasteiger partial charge in [0.1, 0.15) is 0 Å². The Labute approximate surface area is 192 Å². The molecule has 0 bridgehead atoms. The molecule has 0 saturated heterocycles. The van der Waals surface area contributed by atoms with Crippen molar-refractivity contribution in [3.8, 4) is 17.2 Å². The number of carbonyl (C=O) groups excluding carboxylic acids is 1. The zero-order valence-corrected chi connectivity index (χ0v) is 19.6. The average molecular weight is 449 g/mol. The van der Waals surface area contributed by atoms with Crippen LogP contribution in [0.3, 0.4) is 0 Å². The van der Waals surface area contributed by atoms with Gasteiger partial charge in [-0.1, -0.05) is 18.2 Å². The highest BCUT2D eigenvalue weighted by atomic mass is 32.2. The minimum atomic E-state index is 0.0246. The Morgan fingerprint density at radius 3 is 2.75 bits per heavy atom. The normalized spacial score (nSPS) is 14.9. The minimum Gasteiger partial charge on any atom is -0.342 e. The van der Waals surface area contributed by atoms with E-state index in [0.717, 1.165) is 60.6 Å². The molecule has 1 amide bonds. The van der Waals surface area contributed by atoms with Crippen molar-refractivity contribution in [3.63, 3.8) is 0 Å². The van der Waals surface area contributed by atoms with Gasteiger partial charge in [0.05, 0.1) is 23.1 Å². The van der Waals surface area contributed by atoms with Crippen molar-refractivity contribution < 1.29 is 4.79 Å². The second-order valence-electron chi connectivity index (χ2n) is 8.84. The molecular weight excluding hydrogens is 420 g/mol. The van der Waals surface area contributed by atoms with Crippen molar-refractivity contribution in [2.75, 3.05) is 34.2 Å². The van der Waals surface area contributed by atoms with Crippen LogP contribution in [0.25, 0.3) is 17.2 Å². The van der Waals surface area contributed by atoms with Crippen LogP contribution in [0.15, 0.2) is 41.6 Å². The van der Waals surface area contributed by atoms with Crippen LogP contribution < -0.4 is 0 Å². The highest BCUT2D eigenvalue weighted by Gasteiger charge is 2.34. The Kier molecular flexibility index (Phi) is 5.73. The smallest absolute Gasteiger partial charge is 0.257 e. The zero-order valence-electron chi connectivity index (χ0n) is 18.8. The van der Waals surface area contributed by atoms with Crippen LogP contribution in [0.4, 0.5) is 0 Å². The van der Waals surface area contributed by atoms with Gasteiger partial charge < -0.3 is 9.80 Å². The molecule has 166 valence electrons. The molecule has 0 radical (unpaired) electrons. The molecule has 5 rings (SSSR count). The molecule has 0 N–H and O–H groups in total. The van der Waals surface area contributed by atoms with E-state index in [-0.39, 0.29) is 5.91 Å². The van der Waals surface area contributed by atoms with E-state index < -0.39 is 0 Å². The van der Waals surface area contributed by atoms with Crippen molar-refractivity contribution >= 4 is 17.7 Å². The molecule has 1 saturated carbocycles. The van der Waals surface area contributed by atoms with Gasteiger partial charge in [-0.3, -0.25) is 4.79 Å². The van der Waals surface area contributed by atoms with E-state index in [1.165, 1.54) is 4.90 Å². The highest BCUT2D eigenvalue weighted by Crippen LogP contribution is 2.43. The first-order valence-corrected chi connectivity index (χ1v) is 12.1. The summed E-state index contributed by atoms with van der Waals surface area (Å²) in [6, 6.07) is 8.35. The summed E-state index contributed by atoms with van der Waals surface area (Å²) < 4.78 is 1.79. The van der Waals surface area contributed by atoms with Gasteiger partial charge in [0.25, 0.3) is 11.9 Å². The van der Waals surface area contributed by atoms with Crippen LogP contribution in [-0.2, 0) is 5.75 Å². The predicted molar refractivity (Wildman–Crippen MR) is 126 cm³/mol. The molecule has 3 aromatic rings. The van der Waals surface area contributed by atoms with Crippen LogP contribution in [0.1, 0.15) is 46.8 Å². The maximum absolute atomic E-state index is 13.2. The summed E-state index contributed by atoms with van der Waals surface area (Å²) in [6.45, 7) is 1.67. The molecule has 3 heterocycles. The second kappa shape index (κ2) is 8.67. The van der Waals surface area contributed by atoms with E-state index in [2.05, 4.69) is 33.2 Å². The van der Waals surface area contributed by atoms with Gasteiger partial charge in [-0.05, 0) is 46.0 Å². The van der Waals surface area contributed by atoms with Crippen molar-refractivity contribution in [3.05, 3.63) is 53.5 Å². The van der Waals surface area contributed by atoms with Gasteiger partial charge in [-0.15, -0.1) is 11.8 Å². The van der Waals surface area contributed by atoms with Crippen LogP contribution in [0.5, 0.6) is 0 Å². The second-order valence-corrected chi connectivity index (χ2v) is 9.86. The number of hydrogen-bond acceptors (Lipinski definition) is 6. The van der Waals surface area contributed by atoms with Crippen molar-refractivity contribution in [1.29, 1.82) is 0 Å². The van der Waals surface area contributed by atoms with Gasteiger partial charge >= 0.3 is 0 Å². The van der Waals surface area contributed by atoms with Crippen LogP contribution in [0, 0.1) is 0 Å². The molecule has 2 aliphatic rings. The molecule has 0 unspecified atom stereocenters. The van der Waals surface area contributed by atoms with Gasteiger partial charge in [-0.25, -0.2) is 14.6 Å². The highest BCUT2D eigenvalue weighted by molar-refractivity contribution is 7.98. The fourth-order valence-electron chi connectivity index (χ4n) is 4.14. The fraction of sp³-hybridized carbons (Fsp3) is 0.417. The van der Waals surface area contributed by atoms with E-state index in [1.807, 2.05) is 45.2 Å². The average Bonchev–Trinajstić information content (AvgIpc) is 3.55. The lowest BCUT2D eigenvalue weighted by atomic mass is 10.1. The molecule has 8 heteroatoms. The van der Waals surface area contributed by atoms with Crippen molar-refractivity contribution in [2.24, 2.45) is 0 Å². The summed E-state index contributed by atoms with van der Waals surface area (Å²) in [6.07, 6.45) is 6.69. The third-order valence-corrected chi connectivity index (χ3v) is 7.14. The lowest BCUT2D eigenvalue weighted by Gasteiger charge is -2.19. The summed E-state index contributed by atoms with van der Waals surface area (Å²) in [5, 5.41) is 4.60. The van der Waals surface area contributed by atoms with Crippen LogP contribution >= 0.6 is 11.8 Å². The maximum Gasteiger partial charge on any atom is 0.257 e. The molecule has 1 aromatic carbocycles. The number of fused-ring (bicyclic) bond motifs is 3. The Bertz CT molecular complexity index is 1150. The van der Waals surface area contributed by atoms with E-state index in [1.54, 1.807) is 15.8 Å². The third kappa shape index (κ3) is 4.04. The van der Waals surface area contributed by atoms with Gasteiger partial charge in [0.2, 0.25) is 0 Å². The van der Waals surface area contributed by atoms with Crippen LogP contribution in [0.2, 0.25) is 0 Å². The van der Waals surface area contributed by atoms with Gasteiger partial charge in [0, 0.05) is 47.5 Å². The quantitative estimate of drug-likeness (QED) is 0.547. The SMILES string of the molecule is CN(C)CCCN(C)C(=O)c1cnn(-c2ncc3c(n2)-c2ccccc2SC3)c1C1CC1. The van der Waals surface area contributed by atoms with E-state index in [4.69, 9.17) is 4.98 Å². The molecule has 2 aromatic heterocycles. The summed E-state index contributed by atoms with van der Waals surface area (Å²) in [4.78, 5) is 28.0. The molecule has 32 heavy (non-hydrogen) atoms. The summed E-state index contributed by atoms with van der Waals surface area (Å²) >= 11 is 1.81. The third-order valence-electron chi connectivity index (χ3n) is 6.01. The number of aromatic nitrogens is 4. The predicted octanol–water partition coefficient (Wildman–Crippen LogP) is 3.84. The van der Waals surface area contributed by atoms with Crippen molar-refractivity contribution in [2.45, 2.75) is 35.8 Å². The number of amides is 1. The maximum atomic E-state index is 13.2. The molecular formula is C24H28N6OS. The van der Waals surface area contributed by atoms with Gasteiger partial charge in [0.15, 0.2) is 0 Å². The summed E-state index contributed by atoms with van der Waals surface area (Å²) in [7, 11) is 5.97. The Hall–Kier alpha value is -2.71. The topological polar surface area (TPSA) is 67.2 Å². The Morgan fingerprint density at radius 1 is 1.16 bits per heavy atom. The Balaban J connectivity index is 1.47. The van der Waals surface area contributed by atoms with E-state index >= 15 is 0 Å². The number of hydrogen-bond donors (Lipinski definition) is 0. The molecule has 0 spiro atoms. The Morgan fingerprint density at radius 2 is 1.97 bits per heavy atom. The molecule has 1 fully saturated rings. The monoisotopic (exact) mass is 448 g/mol. The number of benzene rings is 1. The molecule has 0 atom stereocenters. The first kappa shape index (κ1) is 21.2. The fourth-order valence-corrected chi connectivity index (χ4v) is 5.16. The first-order valence-electron chi connectivity index (χ1n) is 11.1. The molecule has 7 nitrogen and oxygen atoms in total. The van der Waals surface area contributed by atoms with E-state index in [9.17, 15) is 4.79 Å². The number of rotatable bonds is 7. The van der Waals surface area contributed by atoms with Crippen LogP contribution in [-0.4, -0.2) is 69.7 Å². The molecule has 1 aliphatic heterocycles. The van der Waals surface area contributed by atoms with Gasteiger partial charge in [-0.2, -0.15) is 5.10 Å². The number of nitrogens with zero attached hydrogens (tertiary/aromatic N) is 6. The zero-order chi connectivity index (χ0) is 22.2. The number of carbonyl (C=O) groups is 1. The lowest BCUT2D eigenvalue weighted by Crippen LogP contribution is -2.30. The first-order chi connectivity index (χ1) is 15.5. The summed E-state index contributed by atoms with van der Waals surface area (Å²) in [5.41, 5.74) is 4.87. The standard InChI is InChI=1S/C24H28N6OS/c1-28(2)11-6-12-29(3)23(31)19-14-26-30(22(19)16-9-10-16)24-25-13-17-15-32-20-8-5-4-7-18(20)21(17)27-24/h4-5,7-8,13-14,16H,6,9-12,15H2,1-3H3. The van der Waals surface area contributed by atoms with Crippen molar-refractivity contribution in [1.82, 2.24) is 29.5 Å². The largest absolute Gasteiger partial charge is 0.342 e. The summed E-state index contributed by atoms with van der Waals surface area (Å²) in [5.74, 6) is 1.77.